The van der Waals surface area contributed by atoms with E-state index in [9.17, 15) is 4.39 Å². The summed E-state index contributed by atoms with van der Waals surface area (Å²) in [5.74, 6) is -0.446. The quantitative estimate of drug-likeness (QED) is 0.710. The monoisotopic (exact) mass is 195 g/mol. The summed E-state index contributed by atoms with van der Waals surface area (Å²) in [5, 5.41) is 8.34. The van der Waals surface area contributed by atoms with Gasteiger partial charge in [-0.05, 0) is 6.07 Å². The molecule has 0 saturated carbocycles. The molecule has 13 heavy (non-hydrogen) atoms. The molecule has 0 aromatic heterocycles. The van der Waals surface area contributed by atoms with Crippen molar-refractivity contribution in [2.75, 3.05) is 0 Å². The molecule has 0 atom stereocenters. The molecule has 0 spiro atoms. The van der Waals surface area contributed by atoms with Gasteiger partial charge < -0.3 is 0 Å². The molecule has 1 nitrogen and oxygen atoms in total. The summed E-state index contributed by atoms with van der Waals surface area (Å²) in [7, 11) is 0. The first-order valence-corrected chi connectivity index (χ1v) is 4.11. The molecule has 0 radical (unpaired) electrons. The van der Waals surface area contributed by atoms with Crippen molar-refractivity contribution in [3.05, 3.63) is 40.7 Å². The fourth-order valence-corrected chi connectivity index (χ4v) is 1.07. The average Bonchev–Trinajstić information content (AvgIpc) is 2.13. The van der Waals surface area contributed by atoms with Crippen LogP contribution in [0.15, 0.2) is 24.3 Å². The lowest BCUT2D eigenvalue weighted by Crippen LogP contribution is -1.81. The SMILES string of the molecule is N#CCC=Cc1cccc(Cl)c1F. The molecule has 1 rings (SSSR count). The van der Waals surface area contributed by atoms with Crippen LogP contribution in [0.5, 0.6) is 0 Å². The van der Waals surface area contributed by atoms with Crippen molar-refractivity contribution in [2.24, 2.45) is 0 Å². The van der Waals surface area contributed by atoms with Gasteiger partial charge in [0.25, 0.3) is 0 Å². The number of rotatable bonds is 2. The van der Waals surface area contributed by atoms with Gasteiger partial charge in [0.2, 0.25) is 0 Å². The van der Waals surface area contributed by atoms with Crippen LogP contribution in [0, 0.1) is 17.1 Å². The van der Waals surface area contributed by atoms with Gasteiger partial charge in [-0.1, -0.05) is 35.9 Å². The summed E-state index contributed by atoms with van der Waals surface area (Å²) in [5.41, 5.74) is 0.405. The van der Waals surface area contributed by atoms with Gasteiger partial charge in [0.1, 0.15) is 5.82 Å². The Morgan fingerprint density at radius 3 is 3.00 bits per heavy atom. The zero-order valence-electron chi connectivity index (χ0n) is 6.80. The largest absolute Gasteiger partial charge is 0.205 e. The highest BCUT2D eigenvalue weighted by Gasteiger charge is 2.01. The van der Waals surface area contributed by atoms with Crippen LogP contribution in [-0.4, -0.2) is 0 Å². The minimum Gasteiger partial charge on any atom is -0.205 e. The molecule has 0 fully saturated rings. The smallest absolute Gasteiger partial charge is 0.148 e. The molecular weight excluding hydrogens is 189 g/mol. The Morgan fingerprint density at radius 2 is 2.31 bits per heavy atom. The molecule has 1 aromatic carbocycles. The van der Waals surface area contributed by atoms with Crippen LogP contribution in [0.2, 0.25) is 5.02 Å². The van der Waals surface area contributed by atoms with E-state index in [0.29, 0.717) is 5.56 Å². The van der Waals surface area contributed by atoms with Gasteiger partial charge in [-0.25, -0.2) is 4.39 Å². The summed E-state index contributed by atoms with van der Waals surface area (Å²) >= 11 is 5.55. The van der Waals surface area contributed by atoms with Crippen molar-refractivity contribution >= 4 is 17.7 Å². The second kappa shape index (κ2) is 4.64. The maximum atomic E-state index is 13.2. The summed E-state index contributed by atoms with van der Waals surface area (Å²) in [6, 6.07) is 6.68. The number of allylic oxidation sites excluding steroid dienone is 1. The first-order valence-electron chi connectivity index (χ1n) is 3.73. The summed E-state index contributed by atoms with van der Waals surface area (Å²) in [6.45, 7) is 0. The van der Waals surface area contributed by atoms with Gasteiger partial charge in [-0.3, -0.25) is 0 Å². The molecule has 0 aliphatic rings. The second-order valence-electron chi connectivity index (χ2n) is 2.41. The van der Waals surface area contributed by atoms with Crippen molar-refractivity contribution in [1.82, 2.24) is 0 Å². The van der Waals surface area contributed by atoms with E-state index in [-0.39, 0.29) is 11.4 Å². The molecule has 0 bridgehead atoms. The van der Waals surface area contributed by atoms with Crippen LogP contribution in [0.3, 0.4) is 0 Å². The van der Waals surface area contributed by atoms with Crippen molar-refractivity contribution in [3.8, 4) is 6.07 Å². The van der Waals surface area contributed by atoms with Crippen molar-refractivity contribution in [1.29, 1.82) is 5.26 Å². The number of benzene rings is 1. The number of hydrogen-bond donors (Lipinski definition) is 0. The molecule has 3 heteroatoms. The predicted molar refractivity (Wildman–Crippen MR) is 50.7 cm³/mol. The Kier molecular flexibility index (Phi) is 3.48. The second-order valence-corrected chi connectivity index (χ2v) is 2.81. The van der Waals surface area contributed by atoms with Crippen LogP contribution >= 0.6 is 11.6 Å². The summed E-state index contributed by atoms with van der Waals surface area (Å²) in [4.78, 5) is 0. The fourth-order valence-electron chi connectivity index (χ4n) is 0.888. The van der Waals surface area contributed by atoms with Crippen LogP contribution in [0.1, 0.15) is 12.0 Å². The first-order chi connectivity index (χ1) is 6.25. The minimum absolute atomic E-state index is 0.0964. The van der Waals surface area contributed by atoms with E-state index in [2.05, 4.69) is 0 Å². The van der Waals surface area contributed by atoms with Crippen molar-refractivity contribution < 1.29 is 4.39 Å². The maximum absolute atomic E-state index is 13.2. The Balaban J connectivity index is 2.90. The van der Waals surface area contributed by atoms with E-state index >= 15 is 0 Å². The molecule has 0 N–H and O–H groups in total. The zero-order chi connectivity index (χ0) is 9.68. The van der Waals surface area contributed by atoms with E-state index in [1.54, 1.807) is 24.3 Å². The van der Waals surface area contributed by atoms with Crippen molar-refractivity contribution in [2.45, 2.75) is 6.42 Å². The maximum Gasteiger partial charge on any atom is 0.148 e. The molecule has 0 unspecified atom stereocenters. The van der Waals surface area contributed by atoms with E-state index < -0.39 is 5.82 Å². The topological polar surface area (TPSA) is 23.8 Å². The van der Waals surface area contributed by atoms with E-state index in [1.165, 1.54) is 6.07 Å². The van der Waals surface area contributed by atoms with Gasteiger partial charge in [0, 0.05) is 5.56 Å². The minimum atomic E-state index is -0.446. The summed E-state index contributed by atoms with van der Waals surface area (Å²) < 4.78 is 13.2. The van der Waals surface area contributed by atoms with Crippen LogP contribution in [0.25, 0.3) is 6.08 Å². The van der Waals surface area contributed by atoms with Crippen LogP contribution < -0.4 is 0 Å². The predicted octanol–water partition coefficient (Wildman–Crippen LogP) is 3.41. The third-order valence-corrected chi connectivity index (χ3v) is 1.78. The van der Waals surface area contributed by atoms with Gasteiger partial charge in [-0.2, -0.15) is 5.26 Å². The highest BCUT2D eigenvalue weighted by atomic mass is 35.5. The van der Waals surface area contributed by atoms with Crippen molar-refractivity contribution in [3.63, 3.8) is 0 Å². The lowest BCUT2D eigenvalue weighted by molar-refractivity contribution is 0.625. The van der Waals surface area contributed by atoms with Crippen LogP contribution in [-0.2, 0) is 0 Å². The molecule has 0 heterocycles. The third-order valence-electron chi connectivity index (χ3n) is 1.49. The van der Waals surface area contributed by atoms with Gasteiger partial charge in [0.05, 0.1) is 17.5 Å². The summed E-state index contributed by atoms with van der Waals surface area (Å²) in [6.07, 6.45) is 3.41. The third kappa shape index (κ3) is 2.57. The van der Waals surface area contributed by atoms with Crippen LogP contribution in [0.4, 0.5) is 4.39 Å². The van der Waals surface area contributed by atoms with E-state index in [1.807, 2.05) is 6.07 Å². The number of halogens is 2. The number of nitrogens with zero attached hydrogens (tertiary/aromatic N) is 1. The van der Waals surface area contributed by atoms with Gasteiger partial charge >= 0.3 is 0 Å². The molecule has 1 aromatic rings. The lowest BCUT2D eigenvalue weighted by atomic mass is 10.2. The number of nitriles is 1. The molecule has 0 aliphatic heterocycles. The number of hydrogen-bond acceptors (Lipinski definition) is 1. The highest BCUT2D eigenvalue weighted by Crippen LogP contribution is 2.18. The highest BCUT2D eigenvalue weighted by molar-refractivity contribution is 6.30. The van der Waals surface area contributed by atoms with E-state index in [0.717, 1.165) is 0 Å². The average molecular weight is 196 g/mol. The lowest BCUT2D eigenvalue weighted by Gasteiger charge is -1.97. The Hall–Kier alpha value is -1.33. The van der Waals surface area contributed by atoms with E-state index in [4.69, 9.17) is 16.9 Å². The first kappa shape index (κ1) is 9.76. The molecule has 0 amide bonds. The molecule has 0 saturated heterocycles. The Labute approximate surface area is 81.1 Å². The van der Waals surface area contributed by atoms with Gasteiger partial charge in [0.15, 0.2) is 0 Å². The standard InChI is InChI=1S/C10H7ClFN/c11-9-6-3-5-8(10(9)12)4-1-2-7-13/h1,3-6H,2H2. The molecule has 66 valence electrons. The fraction of sp³-hybridized carbons (Fsp3) is 0.100. The zero-order valence-corrected chi connectivity index (χ0v) is 7.55. The Morgan fingerprint density at radius 1 is 1.54 bits per heavy atom. The Bertz CT molecular complexity index is 366. The normalized spacial score (nSPS) is 10.2. The van der Waals surface area contributed by atoms with Gasteiger partial charge in [-0.15, -0.1) is 0 Å². The molecular formula is C10H7ClFN. The molecule has 0 aliphatic carbocycles.